The normalized spacial score (nSPS) is 20.1. The predicted octanol–water partition coefficient (Wildman–Crippen LogP) is 1.27. The van der Waals surface area contributed by atoms with E-state index in [9.17, 15) is 23.8 Å². The van der Waals surface area contributed by atoms with Crippen LogP contribution < -0.4 is 16.3 Å². The van der Waals surface area contributed by atoms with E-state index in [-0.39, 0.29) is 13.0 Å². The molecule has 1 aliphatic rings. The number of para-hydroxylation sites is 1. The zero-order chi connectivity index (χ0) is 25.2. The van der Waals surface area contributed by atoms with Crippen LogP contribution in [-0.4, -0.2) is 51.3 Å². The Morgan fingerprint density at radius 3 is 2.86 bits per heavy atom. The molecule has 1 aliphatic heterocycles. The molecule has 0 saturated heterocycles. The van der Waals surface area contributed by atoms with E-state index in [0.29, 0.717) is 5.56 Å². The first-order chi connectivity index (χ1) is 16.7. The number of hydrogen-bond acceptors (Lipinski definition) is 7. The fraction of sp³-hybridized carbons (Fsp3) is 0.318. The number of H-pyrrole nitrogens is 2. The predicted molar refractivity (Wildman–Crippen MR) is 126 cm³/mol. The number of fused-ring (bicyclic) bond motifs is 1. The van der Waals surface area contributed by atoms with E-state index < -0.39 is 43.3 Å². The number of benzene rings is 1. The third-order valence-electron chi connectivity index (χ3n) is 5.54. The van der Waals surface area contributed by atoms with E-state index in [2.05, 4.69) is 15.1 Å². The van der Waals surface area contributed by atoms with Gasteiger partial charge in [0, 0.05) is 35.3 Å². The highest BCUT2D eigenvalue weighted by Gasteiger charge is 2.32. The molecule has 4 N–H and O–H groups in total. The Morgan fingerprint density at radius 2 is 2.09 bits per heavy atom. The summed E-state index contributed by atoms with van der Waals surface area (Å²) in [5.41, 5.74) is 0.813. The van der Waals surface area contributed by atoms with Gasteiger partial charge in [-0.1, -0.05) is 24.3 Å². The van der Waals surface area contributed by atoms with E-state index in [1.54, 1.807) is 25.3 Å². The van der Waals surface area contributed by atoms with Crippen molar-refractivity contribution in [2.24, 2.45) is 0 Å². The molecule has 1 unspecified atom stereocenters. The van der Waals surface area contributed by atoms with Crippen LogP contribution in [0.5, 0.6) is 0 Å². The minimum absolute atomic E-state index is 0.0843. The number of hydrogen-bond donors (Lipinski definition) is 4. The Balaban J connectivity index is 1.39. The summed E-state index contributed by atoms with van der Waals surface area (Å²) in [6.07, 6.45) is 4.75. The number of esters is 1. The van der Waals surface area contributed by atoms with Gasteiger partial charge in [-0.25, -0.2) is 14.4 Å². The van der Waals surface area contributed by atoms with Gasteiger partial charge in [0.15, 0.2) is 6.23 Å². The van der Waals surface area contributed by atoms with Gasteiger partial charge in [-0.05, 0) is 24.6 Å². The lowest BCUT2D eigenvalue weighted by atomic mass is 10.1. The average molecular weight is 504 g/mol. The Hall–Kier alpha value is -3.28. The summed E-state index contributed by atoms with van der Waals surface area (Å²) in [7, 11) is -3.27. The summed E-state index contributed by atoms with van der Waals surface area (Å²) in [5, 5.41) is 3.24. The van der Waals surface area contributed by atoms with Crippen LogP contribution in [0.4, 0.5) is 0 Å². The van der Waals surface area contributed by atoms with Crippen LogP contribution in [-0.2, 0) is 29.8 Å². The Labute approximate surface area is 199 Å². The molecule has 3 aromatic rings. The van der Waals surface area contributed by atoms with Crippen LogP contribution in [0.1, 0.15) is 17.4 Å². The molecule has 2 aromatic heterocycles. The lowest BCUT2D eigenvalue weighted by molar-refractivity contribution is -0.142. The van der Waals surface area contributed by atoms with Crippen molar-refractivity contribution in [3.05, 3.63) is 80.8 Å². The first-order valence-electron chi connectivity index (χ1n) is 10.7. The number of nitrogens with one attached hydrogen (secondary N) is 3. The number of aromatic nitrogens is 3. The summed E-state index contributed by atoms with van der Waals surface area (Å²) in [6.45, 7) is 1.22. The fourth-order valence-corrected chi connectivity index (χ4v) is 4.78. The number of carbonyl (C=O) groups is 1. The molecule has 4 atom stereocenters. The molecule has 0 amide bonds. The number of methoxy groups -OCH3 is 1. The van der Waals surface area contributed by atoms with Gasteiger partial charge in [0.25, 0.3) is 5.56 Å². The molecule has 13 heteroatoms. The van der Waals surface area contributed by atoms with Gasteiger partial charge >= 0.3 is 19.4 Å². The van der Waals surface area contributed by atoms with E-state index in [0.717, 1.165) is 16.5 Å². The molecule has 35 heavy (non-hydrogen) atoms. The molecule has 0 saturated carbocycles. The summed E-state index contributed by atoms with van der Waals surface area (Å²) in [4.78, 5) is 51.6. The molecule has 1 aromatic carbocycles. The van der Waals surface area contributed by atoms with Crippen molar-refractivity contribution >= 4 is 24.6 Å². The van der Waals surface area contributed by atoms with Crippen LogP contribution in [0, 0.1) is 6.92 Å². The summed E-state index contributed by atoms with van der Waals surface area (Å²) in [5.74, 6) is -0.724. The summed E-state index contributed by atoms with van der Waals surface area (Å²) < 4.78 is 29.5. The van der Waals surface area contributed by atoms with Crippen molar-refractivity contribution in [1.82, 2.24) is 19.6 Å². The SMILES string of the molecule is COC(=O)[C@H](Cc1c[nH]c2ccccc12)NP(=O)(O)OC[C@@H]1C=C[C@H](n2cc(C)c(=O)[nH]c2=O)O1. The number of aromatic amines is 2. The minimum Gasteiger partial charge on any atom is -0.468 e. The molecular formula is C22H25N4O8P. The van der Waals surface area contributed by atoms with Gasteiger partial charge < -0.3 is 19.4 Å². The Bertz CT molecular complexity index is 1420. The van der Waals surface area contributed by atoms with E-state index in [4.69, 9.17) is 14.0 Å². The van der Waals surface area contributed by atoms with Gasteiger partial charge in [0.2, 0.25) is 0 Å². The average Bonchev–Trinajstić information content (AvgIpc) is 3.46. The molecule has 0 spiro atoms. The highest BCUT2D eigenvalue weighted by Crippen LogP contribution is 2.39. The molecule has 3 heterocycles. The number of nitrogens with zero attached hydrogens (tertiary/aromatic N) is 1. The Kier molecular flexibility index (Phi) is 7.20. The van der Waals surface area contributed by atoms with Gasteiger partial charge in [0.05, 0.1) is 13.7 Å². The molecule has 186 valence electrons. The maximum atomic E-state index is 12.7. The maximum absolute atomic E-state index is 12.7. The van der Waals surface area contributed by atoms with Crippen molar-refractivity contribution in [3.63, 3.8) is 0 Å². The van der Waals surface area contributed by atoms with Gasteiger partial charge in [-0.15, -0.1) is 0 Å². The highest BCUT2D eigenvalue weighted by molar-refractivity contribution is 7.50. The second-order valence-corrected chi connectivity index (χ2v) is 9.57. The first-order valence-corrected chi connectivity index (χ1v) is 12.3. The Morgan fingerprint density at radius 1 is 1.31 bits per heavy atom. The van der Waals surface area contributed by atoms with Crippen molar-refractivity contribution < 1.29 is 28.3 Å². The minimum atomic E-state index is -4.45. The topological polar surface area (TPSA) is 165 Å². The van der Waals surface area contributed by atoms with Gasteiger partial charge in [-0.3, -0.25) is 23.7 Å². The van der Waals surface area contributed by atoms with Crippen LogP contribution in [0.2, 0.25) is 0 Å². The molecule has 0 bridgehead atoms. The lowest BCUT2D eigenvalue weighted by Gasteiger charge is -2.22. The quantitative estimate of drug-likeness (QED) is 0.191. The number of rotatable bonds is 9. The van der Waals surface area contributed by atoms with Crippen molar-refractivity contribution in [3.8, 4) is 0 Å². The summed E-state index contributed by atoms with van der Waals surface area (Å²) >= 11 is 0. The smallest absolute Gasteiger partial charge is 0.403 e. The van der Waals surface area contributed by atoms with Crippen LogP contribution in [0.25, 0.3) is 10.9 Å². The van der Waals surface area contributed by atoms with Crippen LogP contribution in [0.15, 0.2) is 58.4 Å². The monoisotopic (exact) mass is 504 g/mol. The standard InChI is InChI=1S/C22H25N4O8P/c1-13-11-26(22(29)24-20(13)27)19-8-7-15(34-19)12-33-35(30,31)25-18(21(28)32-2)9-14-10-23-17-6-4-3-5-16(14)17/h3-8,10-11,15,18-19,23H,9,12H2,1-2H3,(H,24,27,29)(H2,25,30,31)/t15-,18-,19+/m0/s1. The van der Waals surface area contributed by atoms with Crippen molar-refractivity contribution in [2.75, 3.05) is 13.7 Å². The van der Waals surface area contributed by atoms with Crippen molar-refractivity contribution in [2.45, 2.75) is 31.7 Å². The fourth-order valence-electron chi connectivity index (χ4n) is 3.77. The first kappa shape index (κ1) is 24.8. The lowest BCUT2D eigenvalue weighted by Crippen LogP contribution is -2.38. The zero-order valence-electron chi connectivity index (χ0n) is 19.0. The van der Waals surface area contributed by atoms with Gasteiger partial charge in [0.1, 0.15) is 12.1 Å². The van der Waals surface area contributed by atoms with Crippen molar-refractivity contribution in [1.29, 1.82) is 0 Å². The third-order valence-corrected chi connectivity index (χ3v) is 6.68. The van der Waals surface area contributed by atoms with Crippen LogP contribution >= 0.6 is 7.75 Å². The van der Waals surface area contributed by atoms with E-state index >= 15 is 0 Å². The maximum Gasteiger partial charge on any atom is 0.403 e. The molecule has 4 rings (SSSR count). The molecule has 0 radical (unpaired) electrons. The van der Waals surface area contributed by atoms with Crippen LogP contribution in [0.3, 0.4) is 0 Å². The van der Waals surface area contributed by atoms with Gasteiger partial charge in [-0.2, -0.15) is 0 Å². The second kappa shape index (κ2) is 10.1. The molecule has 0 fully saturated rings. The van der Waals surface area contributed by atoms with E-state index in [1.807, 2.05) is 24.3 Å². The molecule has 12 nitrogen and oxygen atoms in total. The largest absolute Gasteiger partial charge is 0.468 e. The second-order valence-electron chi connectivity index (χ2n) is 8.01. The zero-order valence-corrected chi connectivity index (χ0v) is 19.9. The number of ether oxygens (including phenoxy) is 2. The molecule has 0 aliphatic carbocycles. The highest BCUT2D eigenvalue weighted by atomic mass is 31.2. The number of carbonyl (C=O) groups excluding carboxylic acids is 1. The van der Waals surface area contributed by atoms with E-state index in [1.165, 1.54) is 17.9 Å². The molecular weight excluding hydrogens is 479 g/mol. The number of aryl methyl sites for hydroxylation is 1. The summed E-state index contributed by atoms with van der Waals surface area (Å²) in [6, 6.07) is 6.33. The third kappa shape index (κ3) is 5.69.